The Labute approximate surface area is 228 Å². The Morgan fingerprint density at radius 2 is 1.56 bits per heavy atom. The van der Waals surface area contributed by atoms with Crippen LogP contribution in [0.5, 0.6) is 0 Å². The minimum Gasteiger partial charge on any atom is -0.481 e. The lowest BCUT2D eigenvalue weighted by atomic mass is 9.88. The molecular weight excluding hydrogens is 501 g/mol. The third kappa shape index (κ3) is 8.35. The van der Waals surface area contributed by atoms with Crippen LogP contribution in [-0.4, -0.2) is 17.6 Å². The molecule has 0 spiro atoms. The van der Waals surface area contributed by atoms with Gasteiger partial charge in [0.15, 0.2) is 0 Å². The van der Waals surface area contributed by atoms with Crippen molar-refractivity contribution in [3.63, 3.8) is 0 Å². The van der Waals surface area contributed by atoms with Crippen molar-refractivity contribution in [3.8, 4) is 17.2 Å². The van der Waals surface area contributed by atoms with Gasteiger partial charge in [-0.15, -0.1) is 0 Å². The summed E-state index contributed by atoms with van der Waals surface area (Å²) in [5.74, 6) is -1.11. The molecule has 39 heavy (non-hydrogen) atoms. The van der Waals surface area contributed by atoms with Crippen molar-refractivity contribution in [1.29, 1.82) is 5.26 Å². The number of nitrogens with zero attached hydrogens (tertiary/aromatic N) is 2. The maximum absolute atomic E-state index is 13.2. The molecule has 0 saturated carbocycles. The highest BCUT2D eigenvalue weighted by molar-refractivity contribution is 5.79. The zero-order valence-corrected chi connectivity index (χ0v) is 22.8. The quantitative estimate of drug-likeness (QED) is 0.267. The van der Waals surface area contributed by atoms with Gasteiger partial charge in [-0.1, -0.05) is 58.0 Å². The van der Waals surface area contributed by atoms with Gasteiger partial charge < -0.3 is 10.0 Å². The predicted molar refractivity (Wildman–Crippen MR) is 148 cm³/mol. The molecule has 0 amide bonds. The summed E-state index contributed by atoms with van der Waals surface area (Å²) in [7, 11) is 0. The topological polar surface area (TPSA) is 64.3 Å². The van der Waals surface area contributed by atoms with Crippen LogP contribution in [-0.2, 0) is 17.5 Å². The number of carbonyl (C=O) groups is 1. The Balaban J connectivity index is 2.13. The molecule has 0 aromatic heterocycles. The zero-order valence-electron chi connectivity index (χ0n) is 22.8. The fourth-order valence-corrected chi connectivity index (χ4v) is 4.51. The summed E-state index contributed by atoms with van der Waals surface area (Å²) < 4.78 is 39.6. The standard InChI is InChI=1S/C32H35F3N2O2/c1-21(2)13-14-37(20-24-7-5-23(19-36)6-8-24)29-17-26(25-9-11-28(12-10-25)32(33,34)35)16-27(18-29)30(31(38)39)15-22(3)4/h5-12,16-18,21-22,30H,13-15,20H2,1-4H3,(H,38,39)/t30-/m1/s1. The van der Waals surface area contributed by atoms with E-state index in [2.05, 4.69) is 24.8 Å². The molecule has 0 aliphatic heterocycles. The van der Waals surface area contributed by atoms with Crippen LogP contribution in [0.2, 0.25) is 0 Å². The van der Waals surface area contributed by atoms with Crippen LogP contribution in [0.3, 0.4) is 0 Å². The molecule has 0 bridgehead atoms. The molecule has 3 aromatic rings. The van der Waals surface area contributed by atoms with Crippen molar-refractivity contribution >= 4 is 11.7 Å². The summed E-state index contributed by atoms with van der Waals surface area (Å²) in [6.45, 7) is 9.44. The van der Waals surface area contributed by atoms with Crippen molar-refractivity contribution in [2.45, 2.75) is 59.2 Å². The minimum atomic E-state index is -4.44. The van der Waals surface area contributed by atoms with Gasteiger partial charge in [-0.25, -0.2) is 0 Å². The van der Waals surface area contributed by atoms with Gasteiger partial charge in [0.1, 0.15) is 0 Å². The maximum Gasteiger partial charge on any atom is 0.416 e. The zero-order chi connectivity index (χ0) is 28.7. The van der Waals surface area contributed by atoms with Crippen LogP contribution in [0.25, 0.3) is 11.1 Å². The number of hydrogen-bond acceptors (Lipinski definition) is 3. The van der Waals surface area contributed by atoms with E-state index in [9.17, 15) is 23.1 Å². The summed E-state index contributed by atoms with van der Waals surface area (Å²) in [5, 5.41) is 19.2. The van der Waals surface area contributed by atoms with Gasteiger partial charge in [0.05, 0.1) is 23.1 Å². The number of hydrogen-bond donors (Lipinski definition) is 1. The number of anilines is 1. The molecule has 0 radical (unpaired) electrons. The molecule has 1 N–H and O–H groups in total. The van der Waals surface area contributed by atoms with Crippen LogP contribution in [0.4, 0.5) is 18.9 Å². The normalized spacial score (nSPS) is 12.4. The van der Waals surface area contributed by atoms with E-state index < -0.39 is 23.6 Å². The van der Waals surface area contributed by atoms with Crippen molar-refractivity contribution in [1.82, 2.24) is 0 Å². The van der Waals surface area contributed by atoms with Crippen molar-refractivity contribution in [2.75, 3.05) is 11.4 Å². The number of carboxylic acids is 1. The lowest BCUT2D eigenvalue weighted by Crippen LogP contribution is -2.25. The smallest absolute Gasteiger partial charge is 0.416 e. The maximum atomic E-state index is 13.2. The van der Waals surface area contributed by atoms with E-state index in [1.54, 1.807) is 18.2 Å². The summed E-state index contributed by atoms with van der Waals surface area (Å²) in [6, 6.07) is 20.0. The molecule has 7 heteroatoms. The molecule has 0 fully saturated rings. The van der Waals surface area contributed by atoms with E-state index >= 15 is 0 Å². The Bertz CT molecular complexity index is 1290. The molecule has 0 unspecified atom stereocenters. The van der Waals surface area contributed by atoms with Gasteiger partial charge in [0, 0.05) is 18.8 Å². The first-order valence-corrected chi connectivity index (χ1v) is 13.2. The third-order valence-corrected chi connectivity index (χ3v) is 6.69. The van der Waals surface area contributed by atoms with Crippen molar-refractivity contribution in [3.05, 3.63) is 89.0 Å². The Morgan fingerprint density at radius 3 is 2.08 bits per heavy atom. The predicted octanol–water partition coefficient (Wildman–Crippen LogP) is 8.51. The highest BCUT2D eigenvalue weighted by Crippen LogP contribution is 2.36. The van der Waals surface area contributed by atoms with Crippen LogP contribution in [0.15, 0.2) is 66.7 Å². The first kappa shape index (κ1) is 29.8. The highest BCUT2D eigenvalue weighted by atomic mass is 19.4. The summed E-state index contributed by atoms with van der Waals surface area (Å²) >= 11 is 0. The SMILES string of the molecule is CC(C)CCN(Cc1ccc(C#N)cc1)c1cc(-c2ccc(C(F)(F)F)cc2)cc([C@@H](CC(C)C)C(=O)O)c1. The average Bonchev–Trinajstić information content (AvgIpc) is 2.89. The van der Waals surface area contributed by atoms with E-state index in [0.29, 0.717) is 47.7 Å². The fourth-order valence-electron chi connectivity index (χ4n) is 4.51. The van der Waals surface area contributed by atoms with Crippen LogP contribution in [0, 0.1) is 23.2 Å². The van der Waals surface area contributed by atoms with Gasteiger partial charge in [0.2, 0.25) is 0 Å². The summed E-state index contributed by atoms with van der Waals surface area (Å²) in [6.07, 6.45) is -3.11. The second-order valence-corrected chi connectivity index (χ2v) is 10.8. The molecule has 3 aromatic carbocycles. The van der Waals surface area contributed by atoms with E-state index in [-0.39, 0.29) is 5.92 Å². The first-order chi connectivity index (χ1) is 18.4. The third-order valence-electron chi connectivity index (χ3n) is 6.69. The molecule has 1 atom stereocenters. The lowest BCUT2D eigenvalue weighted by Gasteiger charge is -2.28. The molecule has 206 valence electrons. The summed E-state index contributed by atoms with van der Waals surface area (Å²) in [5.41, 5.74) is 3.52. The molecular formula is C32H35F3N2O2. The van der Waals surface area contributed by atoms with Gasteiger partial charge in [-0.3, -0.25) is 4.79 Å². The average molecular weight is 537 g/mol. The van der Waals surface area contributed by atoms with Crippen molar-refractivity contribution in [2.24, 2.45) is 11.8 Å². The van der Waals surface area contributed by atoms with Gasteiger partial charge in [0.25, 0.3) is 0 Å². The molecule has 0 heterocycles. The molecule has 3 rings (SSSR count). The van der Waals surface area contributed by atoms with Crippen LogP contribution >= 0.6 is 0 Å². The number of carboxylic acid groups (broad SMARTS) is 1. The van der Waals surface area contributed by atoms with E-state index in [1.165, 1.54) is 12.1 Å². The molecule has 0 aliphatic rings. The Morgan fingerprint density at radius 1 is 0.923 bits per heavy atom. The fraction of sp³-hybridized carbons (Fsp3) is 0.375. The van der Waals surface area contributed by atoms with Gasteiger partial charge in [-0.05, 0) is 83.3 Å². The largest absolute Gasteiger partial charge is 0.481 e. The molecule has 4 nitrogen and oxygen atoms in total. The molecule has 0 saturated heterocycles. The number of aliphatic carboxylic acids is 1. The van der Waals surface area contributed by atoms with E-state index in [0.717, 1.165) is 29.8 Å². The number of halogens is 3. The molecule has 0 aliphatic carbocycles. The van der Waals surface area contributed by atoms with Crippen molar-refractivity contribution < 1.29 is 23.1 Å². The van der Waals surface area contributed by atoms with E-state index in [4.69, 9.17) is 5.26 Å². The summed E-state index contributed by atoms with van der Waals surface area (Å²) in [4.78, 5) is 14.5. The van der Waals surface area contributed by atoms with Gasteiger partial charge in [-0.2, -0.15) is 18.4 Å². The number of nitriles is 1. The number of rotatable bonds is 11. The number of alkyl halides is 3. The monoisotopic (exact) mass is 536 g/mol. The first-order valence-electron chi connectivity index (χ1n) is 13.2. The lowest BCUT2D eigenvalue weighted by molar-refractivity contribution is -0.139. The Hall–Kier alpha value is -3.79. The minimum absolute atomic E-state index is 0.139. The highest BCUT2D eigenvalue weighted by Gasteiger charge is 2.30. The second kappa shape index (κ2) is 12.8. The van der Waals surface area contributed by atoms with Crippen LogP contribution in [0.1, 0.15) is 68.7 Å². The Kier molecular flexibility index (Phi) is 9.80. The van der Waals surface area contributed by atoms with Gasteiger partial charge >= 0.3 is 12.1 Å². The second-order valence-electron chi connectivity index (χ2n) is 10.8. The number of benzene rings is 3. The van der Waals surface area contributed by atoms with Crippen LogP contribution < -0.4 is 4.90 Å². The van der Waals surface area contributed by atoms with E-state index in [1.807, 2.05) is 38.1 Å².